The molecular weight excluding hydrogens is 252 g/mol. The monoisotopic (exact) mass is 270 g/mol. The van der Waals surface area contributed by atoms with Crippen molar-refractivity contribution < 1.29 is 19.7 Å². The molecule has 0 saturated carbocycles. The fourth-order valence-corrected chi connectivity index (χ4v) is 2.08. The van der Waals surface area contributed by atoms with Gasteiger partial charge >= 0.3 is 5.97 Å². The molecule has 2 N–H and O–H groups in total. The Morgan fingerprint density at radius 3 is 2.78 bits per heavy atom. The third-order valence-corrected chi connectivity index (χ3v) is 3.82. The average molecular weight is 270 g/mol. The molecule has 0 heterocycles. The summed E-state index contributed by atoms with van der Waals surface area (Å²) in [6.45, 7) is 4.21. The highest BCUT2D eigenvalue weighted by molar-refractivity contribution is 7.99. The van der Waals surface area contributed by atoms with Gasteiger partial charge < -0.3 is 14.9 Å². The average Bonchev–Trinajstić information content (AvgIpc) is 2.34. The third kappa shape index (κ3) is 4.98. The van der Waals surface area contributed by atoms with E-state index in [-0.39, 0.29) is 16.9 Å². The van der Waals surface area contributed by atoms with E-state index >= 15 is 0 Å². The van der Waals surface area contributed by atoms with Crippen LogP contribution in [0.2, 0.25) is 0 Å². The van der Waals surface area contributed by atoms with Crippen LogP contribution in [-0.2, 0) is 0 Å². The quantitative estimate of drug-likeness (QED) is 0.744. The number of aromatic carboxylic acids is 1. The van der Waals surface area contributed by atoms with Gasteiger partial charge in [-0.05, 0) is 25.1 Å². The van der Waals surface area contributed by atoms with Gasteiger partial charge in [0.25, 0.3) is 0 Å². The Hall–Kier alpha value is -1.20. The first-order chi connectivity index (χ1) is 8.50. The molecule has 0 amide bonds. The molecule has 0 aliphatic rings. The van der Waals surface area contributed by atoms with Crippen molar-refractivity contribution in [1.29, 1.82) is 0 Å². The molecule has 18 heavy (non-hydrogen) atoms. The number of hydrogen-bond acceptors (Lipinski definition) is 4. The minimum Gasteiger partial charge on any atom is -0.493 e. The number of aliphatic hydroxyl groups is 1. The van der Waals surface area contributed by atoms with Gasteiger partial charge in [0.15, 0.2) is 0 Å². The van der Waals surface area contributed by atoms with Crippen LogP contribution in [0.25, 0.3) is 0 Å². The van der Waals surface area contributed by atoms with E-state index in [4.69, 9.17) is 9.84 Å². The van der Waals surface area contributed by atoms with Crippen LogP contribution in [0.5, 0.6) is 5.75 Å². The molecule has 1 aromatic rings. The highest BCUT2D eigenvalue weighted by atomic mass is 32.2. The molecule has 0 spiro atoms. The van der Waals surface area contributed by atoms with Crippen molar-refractivity contribution in [2.45, 2.75) is 25.2 Å². The van der Waals surface area contributed by atoms with Crippen molar-refractivity contribution in [2.75, 3.05) is 12.4 Å². The second-order valence-electron chi connectivity index (χ2n) is 4.00. The third-order valence-electron chi connectivity index (χ3n) is 2.49. The molecule has 2 unspecified atom stereocenters. The van der Waals surface area contributed by atoms with Gasteiger partial charge in [-0.25, -0.2) is 4.79 Å². The van der Waals surface area contributed by atoms with Gasteiger partial charge in [0.05, 0.1) is 18.3 Å². The summed E-state index contributed by atoms with van der Waals surface area (Å²) in [7, 11) is 0. The van der Waals surface area contributed by atoms with Crippen LogP contribution in [-0.4, -0.2) is 39.9 Å². The van der Waals surface area contributed by atoms with Gasteiger partial charge in [-0.2, -0.15) is 11.8 Å². The van der Waals surface area contributed by atoms with Crippen molar-refractivity contribution in [3.8, 4) is 5.75 Å². The van der Waals surface area contributed by atoms with Gasteiger partial charge in [0.2, 0.25) is 0 Å². The summed E-state index contributed by atoms with van der Waals surface area (Å²) in [5, 5.41) is 18.3. The molecule has 2 atom stereocenters. The van der Waals surface area contributed by atoms with Crippen LogP contribution in [0.15, 0.2) is 24.3 Å². The van der Waals surface area contributed by atoms with E-state index in [2.05, 4.69) is 0 Å². The van der Waals surface area contributed by atoms with Gasteiger partial charge in [-0.1, -0.05) is 13.0 Å². The molecular formula is C13H18O4S. The lowest BCUT2D eigenvalue weighted by atomic mass is 10.2. The van der Waals surface area contributed by atoms with E-state index in [1.54, 1.807) is 30.8 Å². The number of carboxylic acid groups (broad SMARTS) is 1. The van der Waals surface area contributed by atoms with Gasteiger partial charge in [0, 0.05) is 11.0 Å². The number of hydrogen-bond donors (Lipinski definition) is 2. The fraction of sp³-hybridized carbons (Fsp3) is 0.462. The Morgan fingerprint density at radius 2 is 2.17 bits per heavy atom. The summed E-state index contributed by atoms with van der Waals surface area (Å²) in [4.78, 5) is 10.8. The predicted molar refractivity (Wildman–Crippen MR) is 72.5 cm³/mol. The van der Waals surface area contributed by atoms with E-state index in [0.29, 0.717) is 12.4 Å². The minimum atomic E-state index is -0.961. The molecule has 0 aliphatic carbocycles. The molecule has 0 radical (unpaired) electrons. The predicted octanol–water partition coefficient (Wildman–Crippen LogP) is 2.27. The number of carboxylic acids is 1. The normalized spacial score (nSPS) is 13.9. The van der Waals surface area contributed by atoms with Gasteiger partial charge in [-0.15, -0.1) is 0 Å². The van der Waals surface area contributed by atoms with Crippen LogP contribution < -0.4 is 4.74 Å². The number of carbonyl (C=O) groups is 1. The molecule has 5 heteroatoms. The highest BCUT2D eigenvalue weighted by Gasteiger charge is 2.08. The zero-order chi connectivity index (χ0) is 13.5. The Bertz CT molecular complexity index is 392. The summed E-state index contributed by atoms with van der Waals surface area (Å²) in [6.07, 6.45) is -0.342. The number of rotatable bonds is 7. The standard InChI is InChI=1S/C13H18O4S/c1-9(14)10(2)18-7-6-17-12-5-3-4-11(8-12)13(15)16/h3-5,8-10,14H,6-7H2,1-2H3,(H,15,16). The number of ether oxygens (including phenoxy) is 1. The van der Waals surface area contributed by atoms with Crippen LogP contribution >= 0.6 is 11.8 Å². The molecule has 4 nitrogen and oxygen atoms in total. The molecule has 0 bridgehead atoms. The summed E-state index contributed by atoms with van der Waals surface area (Å²) >= 11 is 1.62. The van der Waals surface area contributed by atoms with E-state index in [1.165, 1.54) is 12.1 Å². The first kappa shape index (κ1) is 14.9. The molecule has 1 aromatic carbocycles. The summed E-state index contributed by atoms with van der Waals surface area (Å²) in [5.74, 6) is 0.348. The lowest BCUT2D eigenvalue weighted by Crippen LogP contribution is -2.17. The summed E-state index contributed by atoms with van der Waals surface area (Å²) in [5.41, 5.74) is 0.220. The van der Waals surface area contributed by atoms with Gasteiger partial charge in [-0.3, -0.25) is 0 Å². The Kier molecular flexibility index (Phi) is 6.01. The molecule has 100 valence electrons. The topological polar surface area (TPSA) is 66.8 Å². The van der Waals surface area contributed by atoms with Crippen LogP contribution in [0.4, 0.5) is 0 Å². The summed E-state index contributed by atoms with van der Waals surface area (Å²) < 4.78 is 5.46. The van der Waals surface area contributed by atoms with Crippen molar-refractivity contribution in [1.82, 2.24) is 0 Å². The molecule has 0 fully saturated rings. The maximum atomic E-state index is 10.8. The Balaban J connectivity index is 2.35. The summed E-state index contributed by atoms with van der Waals surface area (Å²) in [6, 6.07) is 6.42. The zero-order valence-electron chi connectivity index (χ0n) is 10.5. The SMILES string of the molecule is CC(O)C(C)SCCOc1cccc(C(=O)O)c1. The zero-order valence-corrected chi connectivity index (χ0v) is 11.3. The highest BCUT2D eigenvalue weighted by Crippen LogP contribution is 2.16. The molecule has 1 rings (SSSR count). The van der Waals surface area contributed by atoms with Crippen LogP contribution in [0.3, 0.4) is 0 Å². The largest absolute Gasteiger partial charge is 0.493 e. The lowest BCUT2D eigenvalue weighted by Gasteiger charge is -2.14. The van der Waals surface area contributed by atoms with E-state index in [0.717, 1.165) is 5.75 Å². The maximum absolute atomic E-state index is 10.8. The van der Waals surface area contributed by atoms with Crippen molar-refractivity contribution >= 4 is 17.7 Å². The Labute approximate surface area is 111 Å². The number of aliphatic hydroxyl groups excluding tert-OH is 1. The first-order valence-electron chi connectivity index (χ1n) is 5.76. The smallest absolute Gasteiger partial charge is 0.335 e. The molecule has 0 aromatic heterocycles. The number of thioether (sulfide) groups is 1. The molecule has 0 saturated heterocycles. The molecule has 0 aliphatic heterocycles. The fourth-order valence-electron chi connectivity index (χ4n) is 1.25. The van der Waals surface area contributed by atoms with E-state index in [9.17, 15) is 9.90 Å². The van der Waals surface area contributed by atoms with Crippen LogP contribution in [0.1, 0.15) is 24.2 Å². The van der Waals surface area contributed by atoms with E-state index < -0.39 is 5.97 Å². The first-order valence-corrected chi connectivity index (χ1v) is 6.81. The van der Waals surface area contributed by atoms with Gasteiger partial charge in [0.1, 0.15) is 5.75 Å². The van der Waals surface area contributed by atoms with Crippen molar-refractivity contribution in [3.05, 3.63) is 29.8 Å². The number of benzene rings is 1. The van der Waals surface area contributed by atoms with Crippen LogP contribution in [0, 0.1) is 0 Å². The second-order valence-corrected chi connectivity index (χ2v) is 5.48. The minimum absolute atomic E-state index is 0.166. The van der Waals surface area contributed by atoms with E-state index in [1.807, 2.05) is 6.92 Å². The Morgan fingerprint density at radius 1 is 1.44 bits per heavy atom. The van der Waals surface area contributed by atoms with Crippen molar-refractivity contribution in [3.63, 3.8) is 0 Å². The van der Waals surface area contributed by atoms with Crippen molar-refractivity contribution in [2.24, 2.45) is 0 Å². The second kappa shape index (κ2) is 7.28. The maximum Gasteiger partial charge on any atom is 0.335 e. The lowest BCUT2D eigenvalue weighted by molar-refractivity contribution is 0.0696.